The summed E-state index contributed by atoms with van der Waals surface area (Å²) in [5.74, 6) is -2.10. The molecule has 0 bridgehead atoms. The summed E-state index contributed by atoms with van der Waals surface area (Å²) in [6.07, 6.45) is -4.35. The molecule has 0 saturated carbocycles. The predicted molar refractivity (Wildman–Crippen MR) is 111 cm³/mol. The van der Waals surface area contributed by atoms with E-state index in [9.17, 15) is 30.8 Å². The Balaban J connectivity index is 1.78. The third kappa shape index (κ3) is 5.71. The highest BCUT2D eigenvalue weighted by molar-refractivity contribution is 7.89. The van der Waals surface area contributed by atoms with Crippen LogP contribution in [0.5, 0.6) is 0 Å². The van der Waals surface area contributed by atoms with Crippen LogP contribution >= 0.6 is 0 Å². The van der Waals surface area contributed by atoms with Crippen molar-refractivity contribution < 1.29 is 30.8 Å². The van der Waals surface area contributed by atoms with E-state index in [-0.39, 0.29) is 12.1 Å². The summed E-state index contributed by atoms with van der Waals surface area (Å²) in [6, 6.07) is 15.9. The number of anilines is 1. The second-order valence-corrected chi connectivity index (χ2v) is 8.51. The molecule has 168 valence electrons. The van der Waals surface area contributed by atoms with Crippen LogP contribution in [-0.4, -0.2) is 20.9 Å². The molecule has 1 amide bonds. The minimum atomic E-state index is -4.70. The topological polar surface area (TPSA) is 75.3 Å². The average molecular weight is 466 g/mol. The monoisotopic (exact) mass is 466 g/mol. The van der Waals surface area contributed by atoms with E-state index in [1.807, 2.05) is 6.07 Å². The molecule has 0 aliphatic rings. The molecule has 0 saturated heterocycles. The van der Waals surface area contributed by atoms with Crippen LogP contribution in [0.4, 0.5) is 23.2 Å². The number of halogens is 4. The van der Waals surface area contributed by atoms with Crippen molar-refractivity contribution in [1.82, 2.24) is 4.72 Å². The minimum absolute atomic E-state index is 0.0127. The van der Waals surface area contributed by atoms with Crippen LogP contribution in [0, 0.1) is 5.82 Å². The number of alkyl halides is 3. The van der Waals surface area contributed by atoms with Crippen molar-refractivity contribution in [1.29, 1.82) is 0 Å². The Morgan fingerprint density at radius 1 is 0.906 bits per heavy atom. The predicted octanol–water partition coefficient (Wildman–Crippen LogP) is 4.62. The molecular formula is C22H18F4N2O3S. The molecule has 0 aromatic heterocycles. The van der Waals surface area contributed by atoms with Crippen LogP contribution < -0.4 is 10.0 Å². The Kier molecular flexibility index (Phi) is 6.95. The Bertz CT molecular complexity index is 1210. The molecule has 0 spiro atoms. The van der Waals surface area contributed by atoms with Crippen molar-refractivity contribution in [2.45, 2.75) is 17.5 Å². The van der Waals surface area contributed by atoms with Gasteiger partial charge >= 0.3 is 6.18 Å². The van der Waals surface area contributed by atoms with Gasteiger partial charge in [-0.2, -0.15) is 13.2 Å². The molecule has 0 heterocycles. The Morgan fingerprint density at radius 2 is 1.56 bits per heavy atom. The van der Waals surface area contributed by atoms with Gasteiger partial charge in [-0.25, -0.2) is 17.5 Å². The third-order valence-electron chi connectivity index (χ3n) is 4.51. The Hall–Kier alpha value is -3.24. The van der Waals surface area contributed by atoms with Gasteiger partial charge in [0.2, 0.25) is 10.0 Å². The zero-order valence-electron chi connectivity index (χ0n) is 16.5. The van der Waals surface area contributed by atoms with Crippen LogP contribution in [0.3, 0.4) is 0 Å². The van der Waals surface area contributed by atoms with Crippen LogP contribution in [0.25, 0.3) is 0 Å². The number of hydrogen-bond donors (Lipinski definition) is 2. The number of rotatable bonds is 7. The lowest BCUT2D eigenvalue weighted by Gasteiger charge is -2.14. The fourth-order valence-corrected chi connectivity index (χ4v) is 4.07. The number of amides is 1. The van der Waals surface area contributed by atoms with Gasteiger partial charge in [0, 0.05) is 12.1 Å². The first-order valence-corrected chi connectivity index (χ1v) is 10.9. The normalized spacial score (nSPS) is 11.9. The Labute approximate surface area is 182 Å². The summed E-state index contributed by atoms with van der Waals surface area (Å²) < 4.78 is 80.9. The smallest absolute Gasteiger partial charge is 0.321 e. The Morgan fingerprint density at radius 3 is 2.25 bits per heavy atom. The second-order valence-electron chi connectivity index (χ2n) is 6.78. The lowest BCUT2D eigenvalue weighted by molar-refractivity contribution is -0.136. The second kappa shape index (κ2) is 9.49. The van der Waals surface area contributed by atoms with Gasteiger partial charge in [0.05, 0.1) is 11.3 Å². The molecule has 0 aliphatic carbocycles. The van der Waals surface area contributed by atoms with Crippen molar-refractivity contribution in [3.8, 4) is 0 Å². The van der Waals surface area contributed by atoms with Crippen molar-refractivity contribution in [3.05, 3.63) is 95.3 Å². The summed E-state index contributed by atoms with van der Waals surface area (Å²) >= 11 is 0. The van der Waals surface area contributed by atoms with Crippen molar-refractivity contribution >= 4 is 21.6 Å². The van der Waals surface area contributed by atoms with E-state index in [0.717, 1.165) is 35.9 Å². The summed E-state index contributed by atoms with van der Waals surface area (Å²) in [5.41, 5.74) is -1.01. The fourth-order valence-electron chi connectivity index (χ4n) is 2.94. The number of sulfonamides is 1. The van der Waals surface area contributed by atoms with Gasteiger partial charge in [0.15, 0.2) is 0 Å². The van der Waals surface area contributed by atoms with Gasteiger partial charge in [0.25, 0.3) is 5.91 Å². The average Bonchev–Trinajstić information content (AvgIpc) is 2.74. The molecule has 3 aromatic carbocycles. The van der Waals surface area contributed by atoms with E-state index in [0.29, 0.717) is 6.42 Å². The number of hydrogen-bond acceptors (Lipinski definition) is 3. The first kappa shape index (κ1) is 23.4. The highest BCUT2D eigenvalue weighted by atomic mass is 32.2. The highest BCUT2D eigenvalue weighted by Gasteiger charge is 2.33. The summed E-state index contributed by atoms with van der Waals surface area (Å²) in [4.78, 5) is 11.7. The summed E-state index contributed by atoms with van der Waals surface area (Å²) in [7, 11) is -4.31. The first-order chi connectivity index (χ1) is 15.1. The van der Waals surface area contributed by atoms with E-state index >= 15 is 0 Å². The van der Waals surface area contributed by atoms with Gasteiger partial charge in [-0.15, -0.1) is 0 Å². The summed E-state index contributed by atoms with van der Waals surface area (Å²) in [6.45, 7) is -0.0127. The van der Waals surface area contributed by atoms with Gasteiger partial charge in [-0.1, -0.05) is 42.5 Å². The molecule has 0 unspecified atom stereocenters. The van der Waals surface area contributed by atoms with Gasteiger partial charge in [-0.05, 0) is 42.3 Å². The maximum atomic E-state index is 14.2. The quantitative estimate of drug-likeness (QED) is 0.499. The SMILES string of the molecule is O=C(Nc1ccccc1C(F)(F)F)c1ccc(F)c(S(=O)(=O)NCCc2ccccc2)c1. The molecular weight excluding hydrogens is 448 g/mol. The van der Waals surface area contributed by atoms with Crippen molar-refractivity contribution in [2.75, 3.05) is 11.9 Å². The molecule has 5 nitrogen and oxygen atoms in total. The molecule has 10 heteroatoms. The van der Waals surface area contributed by atoms with Crippen LogP contribution in [0.1, 0.15) is 21.5 Å². The highest BCUT2D eigenvalue weighted by Crippen LogP contribution is 2.34. The van der Waals surface area contributed by atoms with E-state index in [2.05, 4.69) is 10.0 Å². The van der Waals surface area contributed by atoms with Crippen molar-refractivity contribution in [2.24, 2.45) is 0 Å². The van der Waals surface area contributed by atoms with E-state index in [4.69, 9.17) is 0 Å². The largest absolute Gasteiger partial charge is 0.418 e. The van der Waals surface area contributed by atoms with Gasteiger partial charge in [-0.3, -0.25) is 4.79 Å². The van der Waals surface area contributed by atoms with E-state index in [1.54, 1.807) is 24.3 Å². The number of para-hydroxylation sites is 1. The van der Waals surface area contributed by atoms with Crippen LogP contribution in [0.2, 0.25) is 0 Å². The molecule has 0 aliphatic heterocycles. The molecule has 0 atom stereocenters. The number of carbonyl (C=O) groups excluding carboxylic acids is 1. The summed E-state index contributed by atoms with van der Waals surface area (Å²) in [5, 5.41) is 2.10. The maximum absolute atomic E-state index is 14.2. The zero-order valence-corrected chi connectivity index (χ0v) is 17.3. The van der Waals surface area contributed by atoms with E-state index in [1.165, 1.54) is 12.1 Å². The standard InChI is InChI=1S/C22H18F4N2O3S/c23-18-11-10-16(21(29)28-19-9-5-4-8-17(19)22(24,25)26)14-20(18)32(30,31)27-13-12-15-6-2-1-3-7-15/h1-11,14,27H,12-13H2,(H,28,29). The van der Waals surface area contributed by atoms with Crippen LogP contribution in [-0.2, 0) is 22.6 Å². The molecule has 0 radical (unpaired) electrons. The molecule has 32 heavy (non-hydrogen) atoms. The van der Waals surface area contributed by atoms with Gasteiger partial charge < -0.3 is 5.32 Å². The lowest BCUT2D eigenvalue weighted by Crippen LogP contribution is -2.27. The number of nitrogens with one attached hydrogen (secondary N) is 2. The number of carbonyl (C=O) groups is 1. The van der Waals surface area contributed by atoms with Crippen molar-refractivity contribution in [3.63, 3.8) is 0 Å². The van der Waals surface area contributed by atoms with Gasteiger partial charge in [0.1, 0.15) is 10.7 Å². The molecule has 3 aromatic rings. The molecule has 3 rings (SSSR count). The lowest BCUT2D eigenvalue weighted by atomic mass is 10.1. The molecule has 2 N–H and O–H groups in total. The zero-order chi connectivity index (χ0) is 23.4. The maximum Gasteiger partial charge on any atom is 0.418 e. The number of benzene rings is 3. The molecule has 0 fully saturated rings. The minimum Gasteiger partial charge on any atom is -0.321 e. The first-order valence-electron chi connectivity index (χ1n) is 9.38. The van der Waals surface area contributed by atoms with Crippen LogP contribution in [0.15, 0.2) is 77.7 Å². The third-order valence-corrected chi connectivity index (χ3v) is 5.99. The van der Waals surface area contributed by atoms with E-state index < -0.39 is 44.1 Å². The fraction of sp³-hybridized carbons (Fsp3) is 0.136.